The van der Waals surface area contributed by atoms with E-state index < -0.39 is 0 Å². The molecule has 1 heterocycles. The molecule has 0 radical (unpaired) electrons. The molecule has 0 saturated carbocycles. The van der Waals surface area contributed by atoms with Gasteiger partial charge in [0.2, 0.25) is 0 Å². The molecule has 0 aliphatic carbocycles. The second-order valence-electron chi connectivity index (χ2n) is 6.08. The van der Waals surface area contributed by atoms with E-state index >= 15 is 0 Å². The Balaban J connectivity index is 2.66. The van der Waals surface area contributed by atoms with E-state index in [0.29, 0.717) is 11.3 Å². The fourth-order valence-corrected chi connectivity index (χ4v) is 3.66. The van der Waals surface area contributed by atoms with Crippen molar-refractivity contribution in [2.45, 2.75) is 84.5 Å². The normalized spacial score (nSPS) is 15.0. The van der Waals surface area contributed by atoms with Crippen LogP contribution in [-0.4, -0.2) is 0 Å². The highest BCUT2D eigenvalue weighted by Gasteiger charge is 2.26. The highest BCUT2D eigenvalue weighted by atomic mass is 32.1. The molecule has 0 amide bonds. The van der Waals surface area contributed by atoms with E-state index in [1.807, 2.05) is 11.3 Å². The van der Waals surface area contributed by atoms with Crippen molar-refractivity contribution in [1.82, 2.24) is 0 Å². The first-order valence-corrected chi connectivity index (χ1v) is 8.45. The van der Waals surface area contributed by atoms with Gasteiger partial charge in [-0.05, 0) is 30.9 Å². The Morgan fingerprint density at radius 3 is 2.33 bits per heavy atom. The molecule has 1 rings (SSSR count). The minimum atomic E-state index is 0.408. The zero-order chi connectivity index (χ0) is 13.6. The van der Waals surface area contributed by atoms with Crippen LogP contribution in [0.2, 0.25) is 0 Å². The van der Waals surface area contributed by atoms with Crippen LogP contribution in [-0.2, 0) is 5.41 Å². The van der Waals surface area contributed by atoms with Crippen LogP contribution in [0.3, 0.4) is 0 Å². The third-order valence-electron chi connectivity index (χ3n) is 4.15. The van der Waals surface area contributed by atoms with Gasteiger partial charge >= 0.3 is 0 Å². The van der Waals surface area contributed by atoms with Crippen LogP contribution in [0.15, 0.2) is 12.1 Å². The Bertz CT molecular complexity index is 337. The fourth-order valence-electron chi connectivity index (χ4n) is 2.40. The van der Waals surface area contributed by atoms with Gasteiger partial charge in [-0.3, -0.25) is 0 Å². The molecule has 1 aromatic rings. The van der Waals surface area contributed by atoms with Crippen molar-refractivity contribution in [3.05, 3.63) is 21.9 Å². The Kier molecular flexibility index (Phi) is 6.42. The lowest BCUT2D eigenvalue weighted by Crippen LogP contribution is -2.19. The molecule has 0 aliphatic heterocycles. The van der Waals surface area contributed by atoms with Gasteiger partial charge in [0.05, 0.1) is 0 Å². The number of hydrogen-bond acceptors (Lipinski definition) is 1. The van der Waals surface area contributed by atoms with E-state index in [1.165, 1.54) is 38.5 Å². The van der Waals surface area contributed by atoms with Gasteiger partial charge in [0.25, 0.3) is 0 Å². The number of rotatable bonds is 8. The summed E-state index contributed by atoms with van der Waals surface area (Å²) in [7, 11) is 0. The average molecular weight is 266 g/mol. The molecule has 104 valence electrons. The molecule has 0 bridgehead atoms. The fraction of sp³-hybridized carbons (Fsp3) is 0.765. The smallest absolute Gasteiger partial charge is 0.0107 e. The maximum atomic E-state index is 2.45. The molecule has 1 unspecified atom stereocenters. The van der Waals surface area contributed by atoms with E-state index in [9.17, 15) is 0 Å². The molecular weight excluding hydrogens is 236 g/mol. The van der Waals surface area contributed by atoms with Gasteiger partial charge in [0.15, 0.2) is 0 Å². The van der Waals surface area contributed by atoms with E-state index in [2.05, 4.69) is 46.8 Å². The Morgan fingerprint density at radius 2 is 1.83 bits per heavy atom. The van der Waals surface area contributed by atoms with E-state index in [1.54, 1.807) is 9.75 Å². The van der Waals surface area contributed by atoms with Crippen molar-refractivity contribution in [2.24, 2.45) is 0 Å². The molecule has 1 aromatic heterocycles. The molecule has 0 N–H and O–H groups in total. The highest BCUT2D eigenvalue weighted by molar-refractivity contribution is 7.12. The summed E-state index contributed by atoms with van der Waals surface area (Å²) in [6.45, 7) is 11.7. The number of thiophene rings is 1. The average Bonchev–Trinajstić information content (AvgIpc) is 2.84. The molecule has 0 saturated heterocycles. The predicted molar refractivity (Wildman–Crippen MR) is 84.8 cm³/mol. The zero-order valence-corrected chi connectivity index (χ0v) is 13.7. The maximum Gasteiger partial charge on any atom is 0.0107 e. The monoisotopic (exact) mass is 266 g/mol. The SMILES string of the molecule is CCCCCCC(C)(CC)c1ccc(C(C)C)s1. The summed E-state index contributed by atoms with van der Waals surface area (Å²) in [5, 5.41) is 0. The van der Waals surface area contributed by atoms with E-state index in [0.717, 1.165) is 0 Å². The lowest BCUT2D eigenvalue weighted by atomic mass is 9.80. The third-order valence-corrected chi connectivity index (χ3v) is 5.85. The maximum absolute atomic E-state index is 2.45. The summed E-state index contributed by atoms with van der Waals surface area (Å²) in [5.41, 5.74) is 0.408. The summed E-state index contributed by atoms with van der Waals surface area (Å²) < 4.78 is 0. The molecule has 0 aromatic carbocycles. The lowest BCUT2D eigenvalue weighted by molar-refractivity contribution is 0.403. The highest BCUT2D eigenvalue weighted by Crippen LogP contribution is 2.39. The van der Waals surface area contributed by atoms with Gasteiger partial charge in [-0.15, -0.1) is 11.3 Å². The standard InChI is InChI=1S/C17H30S/c1-6-8-9-10-13-17(5,7-2)16-12-11-15(18-16)14(3)4/h11-12,14H,6-10,13H2,1-5H3. The summed E-state index contributed by atoms with van der Waals surface area (Å²) in [6, 6.07) is 4.72. The summed E-state index contributed by atoms with van der Waals surface area (Å²) in [4.78, 5) is 3.14. The van der Waals surface area contributed by atoms with Crippen molar-refractivity contribution >= 4 is 11.3 Å². The van der Waals surface area contributed by atoms with Crippen LogP contribution in [0.25, 0.3) is 0 Å². The largest absolute Gasteiger partial charge is 0.145 e. The Labute approximate surface area is 118 Å². The first-order chi connectivity index (χ1) is 8.53. The predicted octanol–water partition coefficient (Wildman–Crippen LogP) is 6.51. The zero-order valence-electron chi connectivity index (χ0n) is 12.9. The molecule has 1 heteroatoms. The van der Waals surface area contributed by atoms with Gasteiger partial charge in [-0.1, -0.05) is 60.3 Å². The Hall–Kier alpha value is -0.300. The minimum Gasteiger partial charge on any atom is -0.145 e. The van der Waals surface area contributed by atoms with Gasteiger partial charge in [0, 0.05) is 15.2 Å². The van der Waals surface area contributed by atoms with Crippen LogP contribution in [0.4, 0.5) is 0 Å². The number of hydrogen-bond donors (Lipinski definition) is 0. The molecular formula is C17H30S. The van der Waals surface area contributed by atoms with Gasteiger partial charge in [0.1, 0.15) is 0 Å². The Morgan fingerprint density at radius 1 is 1.11 bits per heavy atom. The number of unbranched alkanes of at least 4 members (excludes halogenated alkanes) is 3. The summed E-state index contributed by atoms with van der Waals surface area (Å²) in [6.07, 6.45) is 8.11. The molecule has 0 fully saturated rings. The van der Waals surface area contributed by atoms with Crippen LogP contribution in [0.5, 0.6) is 0 Å². The molecule has 0 nitrogen and oxygen atoms in total. The summed E-state index contributed by atoms with van der Waals surface area (Å²) >= 11 is 2.04. The lowest BCUT2D eigenvalue weighted by Gasteiger charge is -2.27. The third kappa shape index (κ3) is 4.12. The molecule has 18 heavy (non-hydrogen) atoms. The van der Waals surface area contributed by atoms with Crippen LogP contribution in [0, 0.1) is 0 Å². The molecule has 1 atom stereocenters. The topological polar surface area (TPSA) is 0 Å². The van der Waals surface area contributed by atoms with Crippen molar-refractivity contribution in [2.75, 3.05) is 0 Å². The van der Waals surface area contributed by atoms with Crippen LogP contribution in [0.1, 0.15) is 88.8 Å². The van der Waals surface area contributed by atoms with Gasteiger partial charge in [-0.25, -0.2) is 0 Å². The minimum absolute atomic E-state index is 0.408. The second-order valence-corrected chi connectivity index (χ2v) is 7.20. The second kappa shape index (κ2) is 7.33. The summed E-state index contributed by atoms with van der Waals surface area (Å²) in [5.74, 6) is 0.671. The van der Waals surface area contributed by atoms with Crippen LogP contribution >= 0.6 is 11.3 Å². The van der Waals surface area contributed by atoms with E-state index in [4.69, 9.17) is 0 Å². The first-order valence-electron chi connectivity index (χ1n) is 7.63. The van der Waals surface area contributed by atoms with Crippen molar-refractivity contribution in [3.63, 3.8) is 0 Å². The van der Waals surface area contributed by atoms with E-state index in [-0.39, 0.29) is 0 Å². The van der Waals surface area contributed by atoms with Crippen LogP contribution < -0.4 is 0 Å². The van der Waals surface area contributed by atoms with Gasteiger partial charge < -0.3 is 0 Å². The molecule has 0 spiro atoms. The molecule has 0 aliphatic rings. The van der Waals surface area contributed by atoms with Gasteiger partial charge in [-0.2, -0.15) is 0 Å². The van der Waals surface area contributed by atoms with Crippen molar-refractivity contribution in [3.8, 4) is 0 Å². The van der Waals surface area contributed by atoms with Crippen molar-refractivity contribution in [1.29, 1.82) is 0 Å². The quantitative estimate of drug-likeness (QED) is 0.470. The first kappa shape index (κ1) is 15.8. The van der Waals surface area contributed by atoms with Crippen molar-refractivity contribution < 1.29 is 0 Å².